The highest BCUT2D eigenvalue weighted by Crippen LogP contribution is 2.21. The van der Waals surface area contributed by atoms with Gasteiger partial charge in [-0.1, -0.05) is 116 Å². The van der Waals surface area contributed by atoms with Gasteiger partial charge in [0.05, 0.1) is 0 Å². The first-order chi connectivity index (χ1) is 12.6. The molecule has 0 aromatic carbocycles. The minimum Gasteiger partial charge on any atom is -0.366 e. The van der Waals surface area contributed by atoms with Gasteiger partial charge < -0.3 is 5.73 Å². The summed E-state index contributed by atoms with van der Waals surface area (Å²) in [4.78, 5) is 11.0. The van der Waals surface area contributed by atoms with Gasteiger partial charge in [-0.15, -0.1) is 0 Å². The van der Waals surface area contributed by atoms with Gasteiger partial charge in [0.1, 0.15) is 0 Å². The Morgan fingerprint density at radius 3 is 1.69 bits per heavy atom. The van der Waals surface area contributed by atoms with Crippen LogP contribution < -0.4 is 5.73 Å². The average molecular weight is 366 g/mol. The van der Waals surface area contributed by atoms with Gasteiger partial charge in [-0.25, -0.2) is 0 Å². The third-order valence-corrected chi connectivity index (χ3v) is 5.70. The fraction of sp³-hybridized carbons (Fsp3) is 0.875. The number of amides is 1. The summed E-state index contributed by atoms with van der Waals surface area (Å²) < 4.78 is 0. The van der Waals surface area contributed by atoms with Crippen LogP contribution in [0.15, 0.2) is 11.6 Å². The van der Waals surface area contributed by atoms with Crippen molar-refractivity contribution >= 4 is 5.91 Å². The number of carbonyl (C=O) groups excluding carboxylic acids is 1. The third kappa shape index (κ3) is 16.7. The molecule has 2 nitrogen and oxygen atoms in total. The molecule has 1 amide bonds. The van der Waals surface area contributed by atoms with E-state index in [-0.39, 0.29) is 5.91 Å². The molecular formula is C24H47NO. The molecule has 154 valence electrons. The molecule has 0 aliphatic carbocycles. The lowest BCUT2D eigenvalue weighted by Gasteiger charge is -2.14. The summed E-state index contributed by atoms with van der Waals surface area (Å²) in [5.74, 6) is 0.614. The fourth-order valence-corrected chi connectivity index (χ4v) is 3.65. The highest BCUT2D eigenvalue weighted by molar-refractivity contribution is 5.91. The van der Waals surface area contributed by atoms with Crippen molar-refractivity contribution in [2.45, 2.75) is 130 Å². The first-order valence-corrected chi connectivity index (χ1v) is 11.6. The van der Waals surface area contributed by atoms with Gasteiger partial charge in [0.15, 0.2) is 0 Å². The van der Waals surface area contributed by atoms with Crippen molar-refractivity contribution < 1.29 is 4.79 Å². The maximum absolute atomic E-state index is 11.0. The molecular weight excluding hydrogens is 318 g/mol. The van der Waals surface area contributed by atoms with Crippen LogP contribution in [0, 0.1) is 5.92 Å². The van der Waals surface area contributed by atoms with Crippen LogP contribution in [0.2, 0.25) is 0 Å². The van der Waals surface area contributed by atoms with E-state index in [0.29, 0.717) is 5.57 Å². The van der Waals surface area contributed by atoms with Crippen LogP contribution in [0.1, 0.15) is 130 Å². The molecule has 0 radical (unpaired) electrons. The van der Waals surface area contributed by atoms with Crippen molar-refractivity contribution in [2.24, 2.45) is 11.7 Å². The number of unbranched alkanes of at least 4 members (excludes halogenated alkanes) is 12. The molecule has 0 rings (SSSR count). The Balaban J connectivity index is 3.45. The number of hydrogen-bond acceptors (Lipinski definition) is 1. The van der Waals surface area contributed by atoms with Gasteiger partial charge in [-0.2, -0.15) is 0 Å². The molecule has 2 heteroatoms. The summed E-state index contributed by atoms with van der Waals surface area (Å²) >= 11 is 0. The summed E-state index contributed by atoms with van der Waals surface area (Å²) in [5, 5.41) is 0. The molecule has 0 aliphatic heterocycles. The Labute approximate surface area is 164 Å². The predicted octanol–water partition coefficient (Wildman–Crippen LogP) is 7.71. The van der Waals surface area contributed by atoms with Crippen molar-refractivity contribution in [1.82, 2.24) is 0 Å². The summed E-state index contributed by atoms with van der Waals surface area (Å²) in [6.45, 7) is 6.43. The van der Waals surface area contributed by atoms with Crippen LogP contribution in [0.4, 0.5) is 0 Å². The lowest BCUT2D eigenvalue weighted by molar-refractivity contribution is -0.114. The monoisotopic (exact) mass is 365 g/mol. The zero-order chi connectivity index (χ0) is 19.5. The summed E-state index contributed by atoms with van der Waals surface area (Å²) in [6, 6.07) is 0. The molecule has 0 saturated carbocycles. The quantitative estimate of drug-likeness (QED) is 0.185. The lowest BCUT2D eigenvalue weighted by Crippen LogP contribution is -2.11. The first kappa shape index (κ1) is 25.2. The molecule has 1 atom stereocenters. The molecule has 0 bridgehead atoms. The highest BCUT2D eigenvalue weighted by Gasteiger charge is 2.06. The maximum atomic E-state index is 11.0. The van der Waals surface area contributed by atoms with Gasteiger partial charge >= 0.3 is 0 Å². The van der Waals surface area contributed by atoms with Gasteiger partial charge in [0.25, 0.3) is 0 Å². The predicted molar refractivity (Wildman–Crippen MR) is 116 cm³/mol. The Hall–Kier alpha value is -0.790. The lowest BCUT2D eigenvalue weighted by atomic mass is 9.92. The van der Waals surface area contributed by atoms with E-state index in [9.17, 15) is 4.79 Å². The maximum Gasteiger partial charge on any atom is 0.244 e. The smallest absolute Gasteiger partial charge is 0.244 e. The van der Waals surface area contributed by atoms with Crippen molar-refractivity contribution in [3.63, 3.8) is 0 Å². The van der Waals surface area contributed by atoms with Crippen molar-refractivity contribution in [3.8, 4) is 0 Å². The second-order valence-electron chi connectivity index (χ2n) is 8.13. The van der Waals surface area contributed by atoms with Crippen LogP contribution in [0.25, 0.3) is 0 Å². The molecule has 0 aromatic rings. The largest absolute Gasteiger partial charge is 0.366 e. The number of rotatable bonds is 19. The Bertz CT molecular complexity index is 348. The average Bonchev–Trinajstić information content (AvgIpc) is 2.63. The van der Waals surface area contributed by atoms with Gasteiger partial charge in [0.2, 0.25) is 5.91 Å². The van der Waals surface area contributed by atoms with Crippen LogP contribution in [-0.2, 0) is 4.79 Å². The van der Waals surface area contributed by atoms with Crippen LogP contribution >= 0.6 is 0 Å². The minimum absolute atomic E-state index is 0.284. The van der Waals surface area contributed by atoms with Crippen LogP contribution in [0.5, 0.6) is 0 Å². The number of nitrogens with two attached hydrogens (primary N) is 1. The third-order valence-electron chi connectivity index (χ3n) is 5.70. The Kier molecular flexibility index (Phi) is 18.4. The number of carbonyl (C=O) groups is 1. The van der Waals surface area contributed by atoms with Crippen LogP contribution in [0.3, 0.4) is 0 Å². The van der Waals surface area contributed by atoms with Gasteiger partial charge in [-0.3, -0.25) is 4.79 Å². The normalized spacial score (nSPS) is 13.1. The number of primary amides is 1. The molecule has 0 aliphatic rings. The SMILES string of the molecule is CCCCCCCCCCCCCC(CC)CCCC/C=C(\C)C(N)=O. The topological polar surface area (TPSA) is 43.1 Å². The van der Waals surface area contributed by atoms with E-state index in [4.69, 9.17) is 5.73 Å². The molecule has 26 heavy (non-hydrogen) atoms. The standard InChI is InChI=1S/C24H47NO/c1-4-6-7-8-9-10-11-12-13-14-17-20-23(5-2)21-18-15-16-19-22(3)24(25)26/h19,23H,4-18,20-21H2,1-3H3,(H2,25,26)/b22-19+. The van der Waals surface area contributed by atoms with Crippen molar-refractivity contribution in [3.05, 3.63) is 11.6 Å². The Morgan fingerprint density at radius 2 is 1.23 bits per heavy atom. The molecule has 0 aromatic heterocycles. The first-order valence-electron chi connectivity index (χ1n) is 11.6. The van der Waals surface area contributed by atoms with Crippen molar-refractivity contribution in [2.75, 3.05) is 0 Å². The van der Waals surface area contributed by atoms with E-state index in [1.54, 1.807) is 0 Å². The molecule has 0 saturated heterocycles. The zero-order valence-corrected chi connectivity index (χ0v) is 18.2. The summed E-state index contributed by atoms with van der Waals surface area (Å²) in [5.41, 5.74) is 5.95. The van der Waals surface area contributed by atoms with E-state index < -0.39 is 0 Å². The fourth-order valence-electron chi connectivity index (χ4n) is 3.65. The second kappa shape index (κ2) is 19.0. The second-order valence-corrected chi connectivity index (χ2v) is 8.13. The molecule has 2 N–H and O–H groups in total. The van der Waals surface area contributed by atoms with Crippen molar-refractivity contribution in [1.29, 1.82) is 0 Å². The Morgan fingerprint density at radius 1 is 0.769 bits per heavy atom. The van der Waals surface area contributed by atoms with Gasteiger partial charge in [-0.05, 0) is 25.7 Å². The molecule has 0 heterocycles. The van der Waals surface area contributed by atoms with E-state index in [1.165, 1.54) is 103 Å². The summed E-state index contributed by atoms with van der Waals surface area (Å²) in [6.07, 6.45) is 25.2. The molecule has 0 fully saturated rings. The van der Waals surface area contributed by atoms with E-state index in [0.717, 1.165) is 12.3 Å². The van der Waals surface area contributed by atoms with E-state index >= 15 is 0 Å². The molecule has 0 spiro atoms. The van der Waals surface area contributed by atoms with E-state index in [2.05, 4.69) is 13.8 Å². The van der Waals surface area contributed by atoms with E-state index in [1.807, 2.05) is 13.0 Å². The number of allylic oxidation sites excluding steroid dienone is 1. The summed E-state index contributed by atoms with van der Waals surface area (Å²) in [7, 11) is 0. The zero-order valence-electron chi connectivity index (χ0n) is 18.2. The number of hydrogen-bond donors (Lipinski definition) is 1. The highest BCUT2D eigenvalue weighted by atomic mass is 16.1. The van der Waals surface area contributed by atoms with Gasteiger partial charge in [0, 0.05) is 5.57 Å². The van der Waals surface area contributed by atoms with Crippen LogP contribution in [-0.4, -0.2) is 5.91 Å². The minimum atomic E-state index is -0.284. The molecule has 1 unspecified atom stereocenters.